The molecule has 6 nitrogen and oxygen atoms in total. The monoisotopic (exact) mass is 340 g/mol. The summed E-state index contributed by atoms with van der Waals surface area (Å²) in [5.41, 5.74) is 0. The van der Waals surface area contributed by atoms with Crippen LogP contribution in [0.25, 0.3) is 0 Å². The molecule has 124 valence electrons. The minimum Gasteiger partial charge on any atom is -0.378 e. The second-order valence-electron chi connectivity index (χ2n) is 5.65. The van der Waals surface area contributed by atoms with Gasteiger partial charge in [0.2, 0.25) is 0 Å². The molecule has 9 heteroatoms. The highest BCUT2D eigenvalue weighted by Crippen LogP contribution is 2.49. The maximum Gasteiger partial charge on any atom is 0.472 e. The molecule has 0 saturated carbocycles. The largest absolute Gasteiger partial charge is 0.472 e. The summed E-state index contributed by atoms with van der Waals surface area (Å²) in [6.45, 7) is 7.56. The third kappa shape index (κ3) is 6.22. The van der Waals surface area contributed by atoms with E-state index in [2.05, 4.69) is 0 Å². The maximum absolute atomic E-state index is 12.0. The van der Waals surface area contributed by atoms with E-state index in [1.807, 2.05) is 27.9 Å². The summed E-state index contributed by atoms with van der Waals surface area (Å²) in [4.78, 5) is 9.85. The van der Waals surface area contributed by atoms with E-state index in [1.54, 1.807) is 25.6 Å². The van der Waals surface area contributed by atoms with E-state index in [0.29, 0.717) is 6.61 Å². The van der Waals surface area contributed by atoms with Gasteiger partial charge in [0, 0.05) is 6.00 Å². The molecule has 0 aromatic carbocycles. The van der Waals surface area contributed by atoms with E-state index >= 15 is 0 Å². The minimum atomic E-state index is -4.11. The Hall–Kier alpha value is 0.445. The molecule has 0 aliphatic carbocycles. The van der Waals surface area contributed by atoms with Gasteiger partial charge >= 0.3 is 7.82 Å². The molecular formula is C12H26BO6PS. The molecule has 1 aliphatic heterocycles. The molecule has 1 aliphatic rings. The van der Waals surface area contributed by atoms with Crippen LogP contribution in [-0.4, -0.2) is 61.3 Å². The SMILES string of the molecule is B[C@@H]1O[C@H](COC(C)C)C(OP(=O)(O)OC(C)C)[C@H]1SC. The van der Waals surface area contributed by atoms with Gasteiger partial charge in [-0.05, 0) is 34.0 Å². The van der Waals surface area contributed by atoms with Crippen molar-refractivity contribution >= 4 is 27.4 Å². The van der Waals surface area contributed by atoms with Gasteiger partial charge in [-0.2, -0.15) is 11.8 Å². The van der Waals surface area contributed by atoms with E-state index in [9.17, 15) is 9.46 Å². The van der Waals surface area contributed by atoms with Crippen molar-refractivity contribution in [3.63, 3.8) is 0 Å². The lowest BCUT2D eigenvalue weighted by Gasteiger charge is -2.26. The lowest BCUT2D eigenvalue weighted by atomic mass is 9.95. The summed E-state index contributed by atoms with van der Waals surface area (Å²) in [6, 6.07) is -0.0789. The predicted molar refractivity (Wildman–Crippen MR) is 86.5 cm³/mol. The van der Waals surface area contributed by atoms with Gasteiger partial charge in [-0.25, -0.2) is 4.57 Å². The molecule has 1 N–H and O–H groups in total. The average Bonchev–Trinajstić information content (AvgIpc) is 2.59. The number of rotatable bonds is 8. The van der Waals surface area contributed by atoms with E-state index in [1.165, 1.54) is 0 Å². The second-order valence-corrected chi connectivity index (χ2v) is 8.03. The fourth-order valence-electron chi connectivity index (χ4n) is 2.23. The number of hydrogen-bond acceptors (Lipinski definition) is 6. The van der Waals surface area contributed by atoms with Crippen LogP contribution >= 0.6 is 19.6 Å². The van der Waals surface area contributed by atoms with E-state index in [0.717, 1.165) is 0 Å². The molecule has 21 heavy (non-hydrogen) atoms. The van der Waals surface area contributed by atoms with Crippen molar-refractivity contribution < 1.29 is 28.0 Å². The molecule has 1 heterocycles. The van der Waals surface area contributed by atoms with Crippen molar-refractivity contribution in [2.45, 2.75) is 63.4 Å². The first kappa shape index (κ1) is 19.5. The van der Waals surface area contributed by atoms with E-state index in [-0.39, 0.29) is 23.5 Å². The van der Waals surface area contributed by atoms with Crippen molar-refractivity contribution in [3.8, 4) is 0 Å². The molecule has 0 amide bonds. The van der Waals surface area contributed by atoms with E-state index in [4.69, 9.17) is 18.5 Å². The molecule has 0 aromatic heterocycles. The van der Waals surface area contributed by atoms with Gasteiger partial charge in [-0.15, -0.1) is 0 Å². The van der Waals surface area contributed by atoms with Crippen molar-refractivity contribution in [1.29, 1.82) is 0 Å². The Labute approximate surface area is 132 Å². The molecule has 0 radical (unpaired) electrons. The molecule has 1 saturated heterocycles. The van der Waals surface area contributed by atoms with Gasteiger partial charge in [0.25, 0.3) is 0 Å². The summed E-state index contributed by atoms with van der Waals surface area (Å²) >= 11 is 1.55. The first-order chi connectivity index (χ1) is 9.66. The van der Waals surface area contributed by atoms with Crippen LogP contribution in [0.15, 0.2) is 0 Å². The molecule has 1 fully saturated rings. The molecule has 1 rings (SSSR count). The molecule has 0 spiro atoms. The van der Waals surface area contributed by atoms with Crippen molar-refractivity contribution in [2.24, 2.45) is 0 Å². The second kappa shape index (κ2) is 8.34. The highest BCUT2D eigenvalue weighted by atomic mass is 32.2. The summed E-state index contributed by atoms with van der Waals surface area (Å²) in [5, 5.41) is -0.0398. The lowest BCUT2D eigenvalue weighted by Crippen LogP contribution is -2.35. The highest BCUT2D eigenvalue weighted by Gasteiger charge is 2.46. The number of ether oxygens (including phenoxy) is 2. The Morgan fingerprint density at radius 1 is 1.33 bits per heavy atom. The summed E-state index contributed by atoms with van der Waals surface area (Å²) in [7, 11) is -2.18. The molecule has 2 unspecified atom stereocenters. The summed E-state index contributed by atoms with van der Waals surface area (Å²) in [6.07, 6.45) is 0.682. The van der Waals surface area contributed by atoms with Crippen LogP contribution in [0.3, 0.4) is 0 Å². The number of thioether (sulfide) groups is 1. The summed E-state index contributed by atoms with van der Waals surface area (Å²) < 4.78 is 33.8. The van der Waals surface area contributed by atoms with Crippen LogP contribution in [0.1, 0.15) is 27.7 Å². The van der Waals surface area contributed by atoms with Crippen LogP contribution < -0.4 is 0 Å². The number of hydrogen-bond donors (Lipinski definition) is 1. The van der Waals surface area contributed by atoms with Crippen LogP contribution in [0, 0.1) is 0 Å². The topological polar surface area (TPSA) is 74.2 Å². The zero-order valence-electron chi connectivity index (χ0n) is 13.5. The molecule has 0 bridgehead atoms. The average molecular weight is 340 g/mol. The predicted octanol–water partition coefficient (Wildman–Crippen LogP) is 1.41. The van der Waals surface area contributed by atoms with Gasteiger partial charge in [-0.3, -0.25) is 9.05 Å². The van der Waals surface area contributed by atoms with Gasteiger partial charge in [0.1, 0.15) is 20.1 Å². The smallest absolute Gasteiger partial charge is 0.378 e. The van der Waals surface area contributed by atoms with Crippen molar-refractivity contribution in [3.05, 3.63) is 0 Å². The first-order valence-electron chi connectivity index (χ1n) is 7.15. The Bertz CT molecular complexity index is 370. The molecular weight excluding hydrogens is 314 g/mol. The van der Waals surface area contributed by atoms with Crippen LogP contribution in [0.2, 0.25) is 0 Å². The number of phosphoric ester groups is 1. The third-order valence-electron chi connectivity index (χ3n) is 3.01. The fraction of sp³-hybridized carbons (Fsp3) is 1.00. The van der Waals surface area contributed by atoms with Crippen LogP contribution in [0.4, 0.5) is 0 Å². The zero-order valence-corrected chi connectivity index (χ0v) is 15.2. The van der Waals surface area contributed by atoms with Crippen molar-refractivity contribution in [2.75, 3.05) is 12.9 Å². The normalized spacial score (nSPS) is 32.8. The Morgan fingerprint density at radius 2 is 1.95 bits per heavy atom. The third-order valence-corrected chi connectivity index (χ3v) is 5.40. The fourth-order valence-corrected chi connectivity index (χ4v) is 4.42. The standard InChI is InChI=1S/C12H26BO6PS/c1-7(2)16-6-9-10(11(21-5)12(13)17-9)19-20(14,15)18-8(3)4/h7-12H,6,13H2,1-5H3,(H,14,15)/t9-,10?,11-,12-/m1/s1. The van der Waals surface area contributed by atoms with Gasteiger partial charge < -0.3 is 14.4 Å². The Kier molecular flexibility index (Phi) is 7.74. The lowest BCUT2D eigenvalue weighted by molar-refractivity contribution is -0.0481. The van der Waals surface area contributed by atoms with Crippen molar-refractivity contribution in [1.82, 2.24) is 0 Å². The highest BCUT2D eigenvalue weighted by molar-refractivity contribution is 7.99. The summed E-state index contributed by atoms with van der Waals surface area (Å²) in [5.74, 6) is 0. The molecule has 5 atom stereocenters. The minimum absolute atomic E-state index is 0.0398. The Balaban J connectivity index is 2.77. The Morgan fingerprint density at radius 3 is 2.43 bits per heavy atom. The van der Waals surface area contributed by atoms with Gasteiger partial charge in [-0.1, -0.05) is 0 Å². The van der Waals surface area contributed by atoms with Crippen LogP contribution in [-0.2, 0) is 23.1 Å². The van der Waals surface area contributed by atoms with E-state index < -0.39 is 20.0 Å². The molecule has 0 aromatic rings. The van der Waals surface area contributed by atoms with Gasteiger partial charge in [0.15, 0.2) is 0 Å². The van der Waals surface area contributed by atoms with Crippen LogP contribution in [0.5, 0.6) is 0 Å². The first-order valence-corrected chi connectivity index (χ1v) is 9.94. The maximum atomic E-state index is 12.0. The van der Waals surface area contributed by atoms with Gasteiger partial charge in [0.05, 0.1) is 24.1 Å². The number of phosphoric acid groups is 1. The quantitative estimate of drug-likeness (QED) is 0.529. The zero-order chi connectivity index (χ0) is 16.2.